The number of rotatable bonds is 6. The molecule has 2 heterocycles. The molecule has 0 atom stereocenters. The molecule has 0 aromatic carbocycles. The number of hydrogen-bond donors (Lipinski definition) is 3. The zero-order valence-corrected chi connectivity index (χ0v) is 14.9. The molecule has 0 radical (unpaired) electrons. The Balaban J connectivity index is 1.47. The highest BCUT2D eigenvalue weighted by Crippen LogP contribution is 2.41. The van der Waals surface area contributed by atoms with Crippen molar-refractivity contribution in [1.29, 1.82) is 0 Å². The van der Waals surface area contributed by atoms with Gasteiger partial charge < -0.3 is 16.0 Å². The van der Waals surface area contributed by atoms with Crippen LogP contribution in [0.1, 0.15) is 54.6 Å². The van der Waals surface area contributed by atoms with Crippen LogP contribution in [0.3, 0.4) is 0 Å². The molecule has 0 amide bonds. The summed E-state index contributed by atoms with van der Waals surface area (Å²) in [6, 6.07) is 2.29. The minimum absolute atomic E-state index is 0.263. The summed E-state index contributed by atoms with van der Waals surface area (Å²) >= 11 is 0. The highest BCUT2D eigenvalue weighted by Gasteiger charge is 2.32. The van der Waals surface area contributed by atoms with Gasteiger partial charge in [-0.25, -0.2) is 14.8 Å². The second-order valence-corrected chi connectivity index (χ2v) is 7.40. The van der Waals surface area contributed by atoms with Gasteiger partial charge in [0, 0.05) is 55.0 Å². The molecule has 4 N–H and O–H groups in total. The molecule has 8 nitrogen and oxygen atoms in total. The van der Waals surface area contributed by atoms with Gasteiger partial charge in [0.15, 0.2) is 0 Å². The number of nitrogens with one attached hydrogen (secondary N) is 2. The first kappa shape index (κ1) is 17.0. The van der Waals surface area contributed by atoms with E-state index in [0.717, 1.165) is 47.6 Å². The van der Waals surface area contributed by atoms with Crippen molar-refractivity contribution in [2.75, 3.05) is 11.9 Å². The van der Waals surface area contributed by atoms with Gasteiger partial charge in [-0.2, -0.15) is 0 Å². The predicted molar refractivity (Wildman–Crippen MR) is 98.5 cm³/mol. The van der Waals surface area contributed by atoms with Crippen molar-refractivity contribution in [3.63, 3.8) is 0 Å². The number of aromatic nitrogens is 4. The summed E-state index contributed by atoms with van der Waals surface area (Å²) in [5.41, 5.74) is 6.90. The summed E-state index contributed by atoms with van der Waals surface area (Å²) in [6.45, 7) is 0.562. The van der Waals surface area contributed by atoms with Crippen molar-refractivity contribution in [2.45, 2.75) is 50.0 Å². The van der Waals surface area contributed by atoms with Gasteiger partial charge in [0.25, 0.3) is 5.56 Å². The number of H-pyrrole nitrogens is 1. The van der Waals surface area contributed by atoms with Crippen LogP contribution >= 0.6 is 0 Å². The fourth-order valence-corrected chi connectivity index (χ4v) is 3.33. The molecule has 26 heavy (non-hydrogen) atoms. The maximum atomic E-state index is 12.1. The Hall–Kier alpha value is -2.48. The molecule has 0 saturated heterocycles. The van der Waals surface area contributed by atoms with E-state index in [4.69, 9.17) is 10.7 Å². The van der Waals surface area contributed by atoms with Crippen LogP contribution in [0.15, 0.2) is 21.9 Å². The molecule has 2 aliphatic rings. The second-order valence-electron chi connectivity index (χ2n) is 7.40. The first-order valence-corrected chi connectivity index (χ1v) is 9.17. The van der Waals surface area contributed by atoms with Crippen LogP contribution in [0.25, 0.3) is 0 Å². The van der Waals surface area contributed by atoms with E-state index in [1.54, 1.807) is 0 Å². The SMILES string of the molecule is Cn1c(=O)[nH]cc(CCNc2cc(C3CC(N)C3)nc(C3CC3)n2)c1=O. The number of aromatic amines is 1. The van der Waals surface area contributed by atoms with E-state index >= 15 is 0 Å². The van der Waals surface area contributed by atoms with E-state index in [-0.39, 0.29) is 11.6 Å². The Morgan fingerprint density at radius 1 is 1.27 bits per heavy atom. The third kappa shape index (κ3) is 3.41. The number of nitrogens with two attached hydrogens (primary N) is 1. The average Bonchev–Trinajstić information content (AvgIpc) is 3.44. The predicted octanol–water partition coefficient (Wildman–Crippen LogP) is 0.600. The summed E-state index contributed by atoms with van der Waals surface area (Å²) in [6.07, 6.45) is 6.27. The molecular formula is C18H24N6O2. The molecule has 2 aliphatic carbocycles. The van der Waals surface area contributed by atoms with Gasteiger partial charge in [0.2, 0.25) is 0 Å². The lowest BCUT2D eigenvalue weighted by Crippen LogP contribution is -2.35. The molecule has 0 unspecified atom stereocenters. The number of anilines is 1. The van der Waals surface area contributed by atoms with Crippen molar-refractivity contribution < 1.29 is 0 Å². The maximum absolute atomic E-state index is 12.1. The van der Waals surface area contributed by atoms with Gasteiger partial charge in [0.05, 0.1) is 0 Å². The Morgan fingerprint density at radius 3 is 2.73 bits per heavy atom. The van der Waals surface area contributed by atoms with Crippen LogP contribution in [-0.2, 0) is 13.5 Å². The first-order valence-electron chi connectivity index (χ1n) is 9.17. The highest BCUT2D eigenvalue weighted by atomic mass is 16.2. The summed E-state index contributed by atoms with van der Waals surface area (Å²) in [7, 11) is 1.47. The Bertz CT molecular complexity index is 924. The summed E-state index contributed by atoms with van der Waals surface area (Å²) in [5, 5.41) is 3.31. The largest absolute Gasteiger partial charge is 0.370 e. The van der Waals surface area contributed by atoms with Gasteiger partial charge >= 0.3 is 5.69 Å². The van der Waals surface area contributed by atoms with Crippen LogP contribution in [0.2, 0.25) is 0 Å². The number of hydrogen-bond acceptors (Lipinski definition) is 6. The fourth-order valence-electron chi connectivity index (χ4n) is 3.33. The normalized spacial score (nSPS) is 22.1. The Morgan fingerprint density at radius 2 is 2.04 bits per heavy atom. The smallest absolute Gasteiger partial charge is 0.328 e. The van der Waals surface area contributed by atoms with E-state index in [1.807, 2.05) is 6.07 Å². The lowest BCUT2D eigenvalue weighted by atomic mass is 9.78. The zero-order chi connectivity index (χ0) is 18.3. The lowest BCUT2D eigenvalue weighted by Gasteiger charge is -2.32. The van der Waals surface area contributed by atoms with E-state index in [1.165, 1.54) is 13.2 Å². The Labute approximate surface area is 150 Å². The monoisotopic (exact) mass is 356 g/mol. The van der Waals surface area contributed by atoms with Crippen LogP contribution in [0, 0.1) is 0 Å². The van der Waals surface area contributed by atoms with Crippen molar-refractivity contribution in [2.24, 2.45) is 12.8 Å². The average molecular weight is 356 g/mol. The second kappa shape index (κ2) is 6.68. The van der Waals surface area contributed by atoms with E-state index in [9.17, 15) is 9.59 Å². The quantitative estimate of drug-likeness (QED) is 0.697. The molecule has 2 saturated carbocycles. The van der Waals surface area contributed by atoms with Crippen LogP contribution in [0.4, 0.5) is 5.82 Å². The van der Waals surface area contributed by atoms with Gasteiger partial charge in [-0.3, -0.25) is 9.36 Å². The van der Waals surface area contributed by atoms with Crippen LogP contribution in [-0.4, -0.2) is 32.1 Å². The standard InChI is InChI=1S/C18H24N6O2/c1-24-17(25)11(9-21-18(24)26)4-5-20-15-8-14(12-6-13(19)7-12)22-16(23-15)10-2-3-10/h8-10,12-13H,2-7,19H2,1H3,(H,21,26)(H,20,22,23). The van der Waals surface area contributed by atoms with Crippen molar-refractivity contribution >= 4 is 5.82 Å². The molecule has 0 spiro atoms. The zero-order valence-electron chi connectivity index (χ0n) is 14.9. The third-order valence-electron chi connectivity index (χ3n) is 5.25. The molecule has 138 valence electrons. The molecule has 0 aliphatic heterocycles. The third-order valence-corrected chi connectivity index (χ3v) is 5.25. The van der Waals surface area contributed by atoms with E-state index in [0.29, 0.717) is 30.4 Å². The molecule has 4 rings (SSSR count). The highest BCUT2D eigenvalue weighted by molar-refractivity contribution is 5.39. The number of nitrogens with zero attached hydrogens (tertiary/aromatic N) is 3. The van der Waals surface area contributed by atoms with Crippen molar-refractivity contribution in [3.05, 3.63) is 50.2 Å². The Kier molecular flexibility index (Phi) is 4.36. The minimum atomic E-state index is -0.403. The van der Waals surface area contributed by atoms with Gasteiger partial charge in [0.1, 0.15) is 11.6 Å². The fraction of sp³-hybridized carbons (Fsp3) is 0.556. The van der Waals surface area contributed by atoms with Crippen molar-refractivity contribution in [1.82, 2.24) is 19.5 Å². The topological polar surface area (TPSA) is 119 Å². The minimum Gasteiger partial charge on any atom is -0.370 e. The molecule has 2 fully saturated rings. The van der Waals surface area contributed by atoms with Crippen LogP contribution in [0.5, 0.6) is 0 Å². The van der Waals surface area contributed by atoms with Gasteiger partial charge in [-0.1, -0.05) is 0 Å². The van der Waals surface area contributed by atoms with Gasteiger partial charge in [-0.15, -0.1) is 0 Å². The summed E-state index contributed by atoms with van der Waals surface area (Å²) in [5.74, 6) is 2.64. The van der Waals surface area contributed by atoms with E-state index in [2.05, 4.69) is 15.3 Å². The molecule has 2 aromatic heterocycles. The van der Waals surface area contributed by atoms with Crippen LogP contribution < -0.4 is 22.3 Å². The molecular weight excluding hydrogens is 332 g/mol. The van der Waals surface area contributed by atoms with Crippen molar-refractivity contribution in [3.8, 4) is 0 Å². The first-order chi connectivity index (χ1) is 12.5. The maximum Gasteiger partial charge on any atom is 0.328 e. The molecule has 2 aromatic rings. The van der Waals surface area contributed by atoms with E-state index < -0.39 is 5.69 Å². The van der Waals surface area contributed by atoms with Gasteiger partial charge in [-0.05, 0) is 32.1 Å². The molecule has 0 bridgehead atoms. The molecule has 8 heteroatoms. The lowest BCUT2D eigenvalue weighted by molar-refractivity contribution is 0.344. The summed E-state index contributed by atoms with van der Waals surface area (Å²) in [4.78, 5) is 35.5. The summed E-state index contributed by atoms with van der Waals surface area (Å²) < 4.78 is 1.09.